The molecule has 5 nitrogen and oxygen atoms in total. The molecule has 32 heavy (non-hydrogen) atoms. The van der Waals surface area contributed by atoms with E-state index in [1.807, 2.05) is 24.3 Å². The molecule has 1 aromatic carbocycles. The number of rotatable bonds is 7. The van der Waals surface area contributed by atoms with Gasteiger partial charge in [-0.25, -0.2) is 4.79 Å². The third kappa shape index (κ3) is 5.80. The number of benzene rings is 1. The Morgan fingerprint density at radius 2 is 1.94 bits per heavy atom. The first-order chi connectivity index (χ1) is 15.2. The van der Waals surface area contributed by atoms with E-state index >= 15 is 0 Å². The minimum Gasteiger partial charge on any atom is -0.494 e. The number of carbonyl (C=O) groups excluding carboxylic acids is 2. The van der Waals surface area contributed by atoms with Gasteiger partial charge >= 0.3 is 5.97 Å². The van der Waals surface area contributed by atoms with Crippen molar-refractivity contribution in [2.75, 3.05) is 19.0 Å². The number of esters is 1. The van der Waals surface area contributed by atoms with Gasteiger partial charge in [-0.2, -0.15) is 0 Å². The Labute approximate surface area is 194 Å². The maximum Gasteiger partial charge on any atom is 0.341 e. The normalized spacial score (nSPS) is 16.0. The van der Waals surface area contributed by atoms with Gasteiger partial charge in [0, 0.05) is 11.0 Å². The molecule has 0 bridgehead atoms. The molecule has 2 aromatic rings. The summed E-state index contributed by atoms with van der Waals surface area (Å²) in [5.74, 6) is 0.701. The van der Waals surface area contributed by atoms with Crippen molar-refractivity contribution in [3.8, 4) is 5.75 Å². The number of carbonyl (C=O) groups is 2. The number of nitrogens with one attached hydrogen (secondary N) is 1. The highest BCUT2D eigenvalue weighted by atomic mass is 32.1. The third-order valence-electron chi connectivity index (χ3n) is 5.90. The van der Waals surface area contributed by atoms with Gasteiger partial charge < -0.3 is 14.8 Å². The van der Waals surface area contributed by atoms with Crippen molar-refractivity contribution in [2.45, 2.75) is 53.4 Å². The fourth-order valence-corrected chi connectivity index (χ4v) is 5.27. The SMILES string of the molecule is CCCOc1ccc(C=CC(=O)Nc2sc3c(c2C(=O)OC)CCC(C(C)(C)C)C3)cc1. The number of hydrogen-bond acceptors (Lipinski definition) is 5. The Kier molecular flexibility index (Phi) is 7.77. The Morgan fingerprint density at radius 3 is 2.56 bits per heavy atom. The first-order valence-electron chi connectivity index (χ1n) is 11.2. The lowest BCUT2D eigenvalue weighted by molar-refractivity contribution is -0.111. The second-order valence-electron chi connectivity index (χ2n) is 9.25. The van der Waals surface area contributed by atoms with Gasteiger partial charge in [0.05, 0.1) is 19.3 Å². The van der Waals surface area contributed by atoms with Gasteiger partial charge in [-0.15, -0.1) is 11.3 Å². The van der Waals surface area contributed by atoms with Crippen LogP contribution in [0, 0.1) is 11.3 Å². The van der Waals surface area contributed by atoms with Gasteiger partial charge in [0.15, 0.2) is 0 Å². The van der Waals surface area contributed by atoms with Crippen LogP contribution in [0.3, 0.4) is 0 Å². The van der Waals surface area contributed by atoms with Crippen molar-refractivity contribution in [3.63, 3.8) is 0 Å². The molecule has 1 atom stereocenters. The van der Waals surface area contributed by atoms with Crippen LogP contribution in [-0.2, 0) is 22.4 Å². The number of anilines is 1. The first kappa shape index (κ1) is 24.1. The summed E-state index contributed by atoms with van der Waals surface area (Å²) in [6.07, 6.45) is 6.97. The van der Waals surface area contributed by atoms with Crippen molar-refractivity contribution >= 4 is 34.3 Å². The molecule has 0 saturated carbocycles. The van der Waals surface area contributed by atoms with Crippen molar-refractivity contribution in [1.82, 2.24) is 0 Å². The summed E-state index contributed by atoms with van der Waals surface area (Å²) in [5, 5.41) is 3.49. The molecule has 0 fully saturated rings. The minimum absolute atomic E-state index is 0.205. The zero-order valence-electron chi connectivity index (χ0n) is 19.6. The first-order valence-corrected chi connectivity index (χ1v) is 12.0. The van der Waals surface area contributed by atoms with Crippen LogP contribution < -0.4 is 10.1 Å². The highest BCUT2D eigenvalue weighted by molar-refractivity contribution is 7.17. The number of hydrogen-bond donors (Lipinski definition) is 1. The van der Waals surface area contributed by atoms with Gasteiger partial charge in [0.2, 0.25) is 5.91 Å². The summed E-state index contributed by atoms with van der Waals surface area (Å²) < 4.78 is 10.6. The van der Waals surface area contributed by atoms with Crippen LogP contribution in [0.25, 0.3) is 6.08 Å². The van der Waals surface area contributed by atoms with E-state index in [1.165, 1.54) is 29.4 Å². The predicted molar refractivity (Wildman–Crippen MR) is 131 cm³/mol. The van der Waals surface area contributed by atoms with Gasteiger partial charge in [-0.3, -0.25) is 4.79 Å². The molecule has 1 aliphatic carbocycles. The highest BCUT2D eigenvalue weighted by Gasteiger charge is 2.34. The molecule has 1 N–H and O–H groups in total. The summed E-state index contributed by atoms with van der Waals surface area (Å²) in [7, 11) is 1.38. The molecule has 0 saturated heterocycles. The van der Waals surface area contributed by atoms with Crippen molar-refractivity contribution in [1.29, 1.82) is 0 Å². The van der Waals surface area contributed by atoms with E-state index in [-0.39, 0.29) is 11.3 Å². The quantitative estimate of drug-likeness (QED) is 0.403. The summed E-state index contributed by atoms with van der Waals surface area (Å²) in [6.45, 7) is 9.52. The monoisotopic (exact) mass is 455 g/mol. The molecular formula is C26H33NO4S. The lowest BCUT2D eigenvalue weighted by Gasteiger charge is -2.33. The Bertz CT molecular complexity index is 982. The number of amides is 1. The van der Waals surface area contributed by atoms with Gasteiger partial charge in [-0.1, -0.05) is 39.8 Å². The second-order valence-corrected chi connectivity index (χ2v) is 10.4. The summed E-state index contributed by atoms with van der Waals surface area (Å²) >= 11 is 1.50. The molecule has 1 unspecified atom stereocenters. The van der Waals surface area contributed by atoms with E-state index in [9.17, 15) is 9.59 Å². The smallest absolute Gasteiger partial charge is 0.341 e. The van der Waals surface area contributed by atoms with E-state index in [2.05, 4.69) is 33.0 Å². The maximum atomic E-state index is 12.6. The molecule has 0 aliphatic heterocycles. The molecule has 1 aromatic heterocycles. The Hall–Kier alpha value is -2.60. The number of thiophene rings is 1. The largest absolute Gasteiger partial charge is 0.494 e. The van der Waals surface area contributed by atoms with Gasteiger partial charge in [0.25, 0.3) is 0 Å². The van der Waals surface area contributed by atoms with Crippen LogP contribution in [0.1, 0.15) is 66.9 Å². The van der Waals surface area contributed by atoms with Gasteiger partial charge in [0.1, 0.15) is 10.8 Å². The van der Waals surface area contributed by atoms with Crippen LogP contribution in [0.4, 0.5) is 5.00 Å². The molecule has 0 spiro atoms. The Balaban J connectivity index is 1.75. The van der Waals surface area contributed by atoms with Crippen LogP contribution >= 0.6 is 11.3 Å². The summed E-state index contributed by atoms with van der Waals surface area (Å²) in [5.41, 5.74) is 2.65. The molecule has 0 radical (unpaired) electrons. The molecule has 3 rings (SSSR count). The van der Waals surface area contributed by atoms with Crippen LogP contribution in [-0.4, -0.2) is 25.6 Å². The molecule has 1 aliphatic rings. The van der Waals surface area contributed by atoms with Crippen molar-refractivity contribution < 1.29 is 19.1 Å². The Morgan fingerprint density at radius 1 is 1.22 bits per heavy atom. The summed E-state index contributed by atoms with van der Waals surface area (Å²) in [4.78, 5) is 26.3. The average Bonchev–Trinajstić information content (AvgIpc) is 3.12. The van der Waals surface area contributed by atoms with E-state index in [0.717, 1.165) is 42.6 Å². The zero-order chi connectivity index (χ0) is 23.3. The third-order valence-corrected chi connectivity index (χ3v) is 7.07. The molecule has 1 heterocycles. The molecule has 172 valence electrons. The number of methoxy groups -OCH3 is 1. The maximum absolute atomic E-state index is 12.6. The van der Waals surface area contributed by atoms with E-state index in [0.29, 0.717) is 23.1 Å². The molecular weight excluding hydrogens is 422 g/mol. The number of ether oxygens (including phenoxy) is 2. The van der Waals surface area contributed by atoms with E-state index in [4.69, 9.17) is 9.47 Å². The minimum atomic E-state index is -0.390. The average molecular weight is 456 g/mol. The lowest BCUT2D eigenvalue weighted by Crippen LogP contribution is -2.26. The van der Waals surface area contributed by atoms with Gasteiger partial charge in [-0.05, 0) is 66.4 Å². The predicted octanol–water partition coefficient (Wildman–Crippen LogP) is 6.13. The highest BCUT2D eigenvalue weighted by Crippen LogP contribution is 2.44. The van der Waals surface area contributed by atoms with Crippen molar-refractivity contribution in [2.24, 2.45) is 11.3 Å². The standard InChI is InChI=1S/C26H33NO4S/c1-6-15-31-19-11-7-17(8-12-19)9-14-22(28)27-24-23(25(29)30-5)20-13-10-18(26(2,3)4)16-21(20)32-24/h7-9,11-12,14,18H,6,10,13,15-16H2,1-5H3,(H,27,28). The fourth-order valence-electron chi connectivity index (χ4n) is 3.95. The second kappa shape index (κ2) is 10.3. The van der Waals surface area contributed by atoms with Crippen LogP contribution in [0.5, 0.6) is 5.75 Å². The number of fused-ring (bicyclic) bond motifs is 1. The zero-order valence-corrected chi connectivity index (χ0v) is 20.4. The van der Waals surface area contributed by atoms with E-state index in [1.54, 1.807) is 6.08 Å². The van der Waals surface area contributed by atoms with Crippen molar-refractivity contribution in [3.05, 3.63) is 51.9 Å². The lowest BCUT2D eigenvalue weighted by atomic mass is 9.72. The molecule has 1 amide bonds. The fraction of sp³-hybridized carbons (Fsp3) is 0.462. The van der Waals surface area contributed by atoms with Crippen LogP contribution in [0.2, 0.25) is 0 Å². The topological polar surface area (TPSA) is 64.6 Å². The van der Waals surface area contributed by atoms with E-state index < -0.39 is 5.97 Å². The molecule has 6 heteroatoms. The summed E-state index contributed by atoms with van der Waals surface area (Å²) in [6, 6.07) is 7.60. The van der Waals surface area contributed by atoms with Crippen LogP contribution in [0.15, 0.2) is 30.3 Å².